The number of ether oxygens (including phenoxy) is 3. The summed E-state index contributed by atoms with van der Waals surface area (Å²) in [5, 5.41) is 14.4. The van der Waals surface area contributed by atoms with Crippen molar-refractivity contribution >= 4 is 0 Å². The van der Waals surface area contributed by atoms with Crippen LogP contribution in [0.3, 0.4) is 0 Å². The highest BCUT2D eigenvalue weighted by Crippen LogP contribution is 2.43. The maximum Gasteiger partial charge on any atom is 0.190 e. The lowest BCUT2D eigenvalue weighted by Gasteiger charge is -2.21. The molecule has 0 spiro atoms. The van der Waals surface area contributed by atoms with Gasteiger partial charge in [-0.15, -0.1) is 0 Å². The number of hydrogen-bond donors (Lipinski definition) is 1. The Kier molecular flexibility index (Phi) is 3.09. The Morgan fingerprint density at radius 2 is 1.91 bits per heavy atom. The zero-order valence-electron chi connectivity index (χ0n) is 12.3. The Morgan fingerprint density at radius 1 is 1.14 bits per heavy atom. The van der Waals surface area contributed by atoms with Crippen molar-refractivity contribution in [3.8, 4) is 11.3 Å². The number of aromatic nitrogens is 1. The van der Waals surface area contributed by atoms with E-state index in [1.54, 1.807) is 19.9 Å². The van der Waals surface area contributed by atoms with E-state index in [2.05, 4.69) is 5.16 Å². The molecule has 2 aliphatic rings. The molecule has 1 aromatic carbocycles. The van der Waals surface area contributed by atoms with Crippen LogP contribution in [0.2, 0.25) is 0 Å². The number of fused-ring (bicyclic) bond motifs is 1. The van der Waals surface area contributed by atoms with Crippen molar-refractivity contribution in [1.82, 2.24) is 5.16 Å². The van der Waals surface area contributed by atoms with Gasteiger partial charge in [0, 0.05) is 11.6 Å². The third kappa shape index (κ3) is 2.24. The van der Waals surface area contributed by atoms with Crippen LogP contribution in [0.4, 0.5) is 0 Å². The van der Waals surface area contributed by atoms with E-state index in [-0.39, 0.29) is 0 Å². The molecule has 116 valence electrons. The van der Waals surface area contributed by atoms with Gasteiger partial charge in [0.2, 0.25) is 0 Å². The van der Waals surface area contributed by atoms with Gasteiger partial charge in [-0.2, -0.15) is 0 Å². The molecule has 1 N–H and O–H groups in total. The fraction of sp³-hybridized carbons (Fsp3) is 0.438. The van der Waals surface area contributed by atoms with Crippen LogP contribution in [0.1, 0.15) is 25.6 Å². The molecule has 0 unspecified atom stereocenters. The van der Waals surface area contributed by atoms with E-state index in [9.17, 15) is 5.11 Å². The first kappa shape index (κ1) is 13.9. The van der Waals surface area contributed by atoms with Crippen LogP contribution in [-0.4, -0.2) is 34.5 Å². The first-order valence-electron chi connectivity index (χ1n) is 7.25. The minimum atomic E-state index is -0.847. The predicted octanol–water partition coefficient (Wildman–Crippen LogP) is 2.25. The summed E-state index contributed by atoms with van der Waals surface area (Å²) in [5.74, 6) is -0.119. The summed E-state index contributed by atoms with van der Waals surface area (Å²) in [6, 6.07) is 11.4. The lowest BCUT2D eigenvalue weighted by Crippen LogP contribution is -2.31. The average molecular weight is 303 g/mol. The van der Waals surface area contributed by atoms with Gasteiger partial charge in [-0.3, -0.25) is 0 Å². The van der Waals surface area contributed by atoms with E-state index >= 15 is 0 Å². The molecule has 0 saturated carbocycles. The summed E-state index contributed by atoms with van der Waals surface area (Å²) in [4.78, 5) is 0. The first-order chi connectivity index (χ1) is 10.5. The normalized spacial score (nSPS) is 33.0. The lowest BCUT2D eigenvalue weighted by molar-refractivity contribution is -0.216. The van der Waals surface area contributed by atoms with E-state index in [1.165, 1.54) is 0 Å². The van der Waals surface area contributed by atoms with E-state index < -0.39 is 30.4 Å². The summed E-state index contributed by atoms with van der Waals surface area (Å²) in [5.41, 5.74) is 1.45. The van der Waals surface area contributed by atoms with Gasteiger partial charge in [0.15, 0.2) is 17.8 Å². The van der Waals surface area contributed by atoms with Crippen LogP contribution in [0.25, 0.3) is 11.3 Å². The minimum Gasteiger partial charge on any atom is -0.387 e. The molecule has 6 nitrogen and oxygen atoms in total. The maximum absolute atomic E-state index is 10.4. The molecular weight excluding hydrogens is 286 g/mol. The molecule has 2 saturated heterocycles. The van der Waals surface area contributed by atoms with Crippen LogP contribution in [0.15, 0.2) is 40.9 Å². The van der Waals surface area contributed by atoms with Crippen molar-refractivity contribution in [3.05, 3.63) is 42.1 Å². The van der Waals surface area contributed by atoms with Gasteiger partial charge >= 0.3 is 0 Å². The van der Waals surface area contributed by atoms with Crippen LogP contribution >= 0.6 is 0 Å². The summed E-state index contributed by atoms with van der Waals surface area (Å²) >= 11 is 0. The molecule has 2 fully saturated rings. The Hall–Kier alpha value is -1.73. The molecule has 1 aromatic heterocycles. The topological polar surface area (TPSA) is 74.0 Å². The van der Waals surface area contributed by atoms with Crippen molar-refractivity contribution in [2.24, 2.45) is 0 Å². The van der Waals surface area contributed by atoms with Crippen LogP contribution in [0.5, 0.6) is 0 Å². The molecule has 2 aliphatic heterocycles. The predicted molar refractivity (Wildman–Crippen MR) is 75.6 cm³/mol. The third-order valence-corrected chi connectivity index (χ3v) is 3.89. The quantitative estimate of drug-likeness (QED) is 0.917. The van der Waals surface area contributed by atoms with E-state index in [0.29, 0.717) is 11.5 Å². The van der Waals surface area contributed by atoms with Crippen LogP contribution < -0.4 is 0 Å². The molecule has 0 radical (unpaired) electrons. The maximum atomic E-state index is 10.4. The number of aliphatic hydroxyl groups excluding tert-OH is 1. The van der Waals surface area contributed by atoms with Crippen molar-refractivity contribution in [2.75, 3.05) is 0 Å². The lowest BCUT2D eigenvalue weighted by atomic mass is 10.1. The van der Waals surface area contributed by atoms with Gasteiger partial charge in [0.25, 0.3) is 0 Å². The molecule has 4 atom stereocenters. The fourth-order valence-electron chi connectivity index (χ4n) is 2.90. The van der Waals surface area contributed by atoms with Crippen molar-refractivity contribution in [2.45, 2.75) is 44.2 Å². The highest BCUT2D eigenvalue weighted by atomic mass is 16.8. The van der Waals surface area contributed by atoms with Gasteiger partial charge in [0.1, 0.15) is 24.0 Å². The fourth-order valence-corrected chi connectivity index (χ4v) is 2.90. The monoisotopic (exact) mass is 303 g/mol. The standard InChI is InChI=1S/C16H17NO5/c1-16(2)20-14-12(18)13(19-15(14)21-16)10-8-11(22-17-10)9-6-4-3-5-7-9/h3-8,12-15,18H,1-2H3/t12-,13+,14+,15+/m0/s1. The first-order valence-corrected chi connectivity index (χ1v) is 7.25. The zero-order chi connectivity index (χ0) is 15.3. The molecule has 22 heavy (non-hydrogen) atoms. The number of hydrogen-bond acceptors (Lipinski definition) is 6. The highest BCUT2D eigenvalue weighted by molar-refractivity contribution is 5.57. The number of nitrogens with zero attached hydrogens (tertiary/aromatic N) is 1. The Morgan fingerprint density at radius 3 is 2.64 bits per heavy atom. The summed E-state index contributed by atoms with van der Waals surface area (Å²) in [7, 11) is 0. The summed E-state index contributed by atoms with van der Waals surface area (Å²) < 4.78 is 22.4. The van der Waals surface area contributed by atoms with Gasteiger partial charge < -0.3 is 23.8 Å². The van der Waals surface area contributed by atoms with Crippen LogP contribution in [0, 0.1) is 0 Å². The third-order valence-electron chi connectivity index (χ3n) is 3.89. The van der Waals surface area contributed by atoms with Gasteiger partial charge in [-0.05, 0) is 13.8 Å². The minimum absolute atomic E-state index is 0.517. The molecular formula is C16H17NO5. The molecule has 3 heterocycles. The summed E-state index contributed by atoms with van der Waals surface area (Å²) in [6.45, 7) is 3.58. The number of aliphatic hydroxyl groups is 1. The van der Waals surface area contributed by atoms with Crippen LogP contribution in [-0.2, 0) is 14.2 Å². The molecule has 2 aromatic rings. The van der Waals surface area contributed by atoms with Gasteiger partial charge in [-0.25, -0.2) is 0 Å². The molecule has 4 rings (SSSR count). The second-order valence-corrected chi connectivity index (χ2v) is 6.00. The Balaban J connectivity index is 1.56. The van der Waals surface area contributed by atoms with Crippen molar-refractivity contribution in [1.29, 1.82) is 0 Å². The molecule has 0 amide bonds. The largest absolute Gasteiger partial charge is 0.387 e. The van der Waals surface area contributed by atoms with Gasteiger partial charge in [0.05, 0.1) is 0 Å². The van der Waals surface area contributed by atoms with Crippen molar-refractivity contribution in [3.63, 3.8) is 0 Å². The molecule has 6 heteroatoms. The van der Waals surface area contributed by atoms with Gasteiger partial charge in [-0.1, -0.05) is 35.5 Å². The zero-order valence-corrected chi connectivity index (χ0v) is 12.3. The van der Waals surface area contributed by atoms with E-state index in [1.807, 2.05) is 30.3 Å². The number of benzene rings is 1. The Bertz CT molecular complexity index is 668. The smallest absolute Gasteiger partial charge is 0.190 e. The second kappa shape index (κ2) is 4.89. The SMILES string of the molecule is CC1(C)O[C@H]2O[C@H](c3cc(-c4ccccc4)on3)[C@H](O)[C@H]2O1. The molecule has 0 aliphatic carbocycles. The van der Waals surface area contributed by atoms with E-state index in [0.717, 1.165) is 5.56 Å². The average Bonchev–Trinajstić information content (AvgIpc) is 3.15. The van der Waals surface area contributed by atoms with Crippen molar-refractivity contribution < 1.29 is 23.8 Å². The number of rotatable bonds is 2. The second-order valence-electron chi connectivity index (χ2n) is 6.00. The summed E-state index contributed by atoms with van der Waals surface area (Å²) in [6.07, 6.45) is -2.57. The molecule has 0 bridgehead atoms. The Labute approximate surface area is 127 Å². The van der Waals surface area contributed by atoms with E-state index in [4.69, 9.17) is 18.7 Å². The highest BCUT2D eigenvalue weighted by Gasteiger charge is 2.55.